The second-order valence-electron chi connectivity index (χ2n) is 15.5. The quantitative estimate of drug-likeness (QED) is 0.117. The van der Waals surface area contributed by atoms with E-state index in [0.717, 1.165) is 78.8 Å². The van der Waals surface area contributed by atoms with Crippen molar-refractivity contribution in [2.75, 3.05) is 13.1 Å². The van der Waals surface area contributed by atoms with Crippen molar-refractivity contribution in [1.82, 2.24) is 25.1 Å². The molecule has 4 aromatic carbocycles. The molecule has 0 aliphatic carbocycles. The normalized spacial score (nSPS) is 17.4. The van der Waals surface area contributed by atoms with Crippen LogP contribution in [-0.2, 0) is 19.2 Å². The number of rotatable bonds is 14. The number of hydrogen-bond donors (Lipinski definition) is 1. The summed E-state index contributed by atoms with van der Waals surface area (Å²) in [6, 6.07) is 35.2. The van der Waals surface area contributed by atoms with Crippen molar-refractivity contribution in [1.29, 1.82) is 0 Å². The fourth-order valence-electron chi connectivity index (χ4n) is 8.35. The maximum atomic E-state index is 14.0. The Morgan fingerprint density at radius 2 is 1.08 bits per heavy atom. The molecule has 60 heavy (non-hydrogen) atoms. The first kappa shape index (κ1) is 41.0. The Bertz CT molecular complexity index is 2260. The van der Waals surface area contributed by atoms with Gasteiger partial charge in [0.1, 0.15) is 21.8 Å². The second-order valence-corrected chi connectivity index (χ2v) is 17.6. The fourth-order valence-corrected chi connectivity index (χ4v) is 10.5. The van der Waals surface area contributed by atoms with Gasteiger partial charge in [-0.3, -0.25) is 19.2 Å². The van der Waals surface area contributed by atoms with E-state index in [1.807, 2.05) is 89.8 Å². The number of nitrogens with zero attached hydrogens (tertiary/aromatic N) is 4. The molecule has 306 valence electrons. The third-order valence-electron chi connectivity index (χ3n) is 11.7. The van der Waals surface area contributed by atoms with Gasteiger partial charge in [-0.25, -0.2) is 9.97 Å². The summed E-state index contributed by atoms with van der Waals surface area (Å²) >= 11 is 3.25. The monoisotopic (exact) mass is 835 g/mol. The van der Waals surface area contributed by atoms with Crippen molar-refractivity contribution in [2.24, 2.45) is 0 Å². The van der Waals surface area contributed by atoms with Crippen LogP contribution in [0.4, 0.5) is 0 Å². The van der Waals surface area contributed by atoms with Crippen molar-refractivity contribution in [3.63, 3.8) is 0 Å². The van der Waals surface area contributed by atoms with Crippen LogP contribution in [0.15, 0.2) is 122 Å². The Morgan fingerprint density at radius 3 is 1.57 bits per heavy atom. The van der Waals surface area contributed by atoms with Gasteiger partial charge in [0.25, 0.3) is 0 Å². The number of carbonyl (C=O) groups excluding carboxylic acids is 4. The van der Waals surface area contributed by atoms with Gasteiger partial charge >= 0.3 is 0 Å². The molecule has 0 unspecified atom stereocenters. The van der Waals surface area contributed by atoms with E-state index in [2.05, 4.69) is 53.8 Å². The van der Waals surface area contributed by atoms with Crippen LogP contribution in [0.1, 0.15) is 104 Å². The van der Waals surface area contributed by atoms with Crippen molar-refractivity contribution >= 4 is 46.2 Å². The number of benzene rings is 4. The molecule has 2 aromatic heterocycles. The molecular weight excluding hydrogens is 787 g/mol. The molecule has 0 saturated carbocycles. The zero-order valence-corrected chi connectivity index (χ0v) is 35.6. The third kappa shape index (κ3) is 8.88. The van der Waals surface area contributed by atoms with Crippen LogP contribution in [0.2, 0.25) is 0 Å². The van der Waals surface area contributed by atoms with Gasteiger partial charge in [-0.15, -0.1) is 22.7 Å². The summed E-state index contributed by atoms with van der Waals surface area (Å²) < 4.78 is 0. The van der Waals surface area contributed by atoms with Gasteiger partial charge in [0, 0.05) is 44.7 Å². The van der Waals surface area contributed by atoms with Crippen LogP contribution in [0.3, 0.4) is 0 Å². The van der Waals surface area contributed by atoms with E-state index in [4.69, 9.17) is 9.97 Å². The molecule has 9 nitrogen and oxygen atoms in total. The fraction of sp³-hybridized carbons (Fsp3) is 0.306. The zero-order chi connectivity index (χ0) is 41.6. The molecule has 2 aliphatic rings. The Kier molecular flexibility index (Phi) is 12.7. The van der Waals surface area contributed by atoms with Gasteiger partial charge < -0.3 is 15.1 Å². The average Bonchev–Trinajstić information content (AvgIpc) is 4.15. The molecule has 8 rings (SSSR count). The lowest BCUT2D eigenvalue weighted by Gasteiger charge is -2.28. The summed E-state index contributed by atoms with van der Waals surface area (Å²) in [4.78, 5) is 68.6. The Morgan fingerprint density at radius 1 is 0.617 bits per heavy atom. The number of aromatic nitrogens is 2. The van der Waals surface area contributed by atoms with Crippen molar-refractivity contribution < 1.29 is 19.2 Å². The second kappa shape index (κ2) is 18.6. The van der Waals surface area contributed by atoms with E-state index in [1.165, 1.54) is 0 Å². The summed E-state index contributed by atoms with van der Waals surface area (Å²) in [6.45, 7) is 4.93. The maximum absolute atomic E-state index is 14.0. The summed E-state index contributed by atoms with van der Waals surface area (Å²) in [5.41, 5.74) is 6.00. The van der Waals surface area contributed by atoms with E-state index in [-0.39, 0.29) is 42.0 Å². The largest absolute Gasteiger partial charge is 0.341 e. The number of amides is 3. The summed E-state index contributed by atoms with van der Waals surface area (Å²) in [6.07, 6.45) is 8.22. The molecule has 3 amide bonds. The van der Waals surface area contributed by atoms with Gasteiger partial charge in [0.15, 0.2) is 0 Å². The van der Waals surface area contributed by atoms with E-state index in [0.29, 0.717) is 25.9 Å². The molecule has 2 aliphatic heterocycles. The predicted molar refractivity (Wildman–Crippen MR) is 238 cm³/mol. The van der Waals surface area contributed by atoms with E-state index in [9.17, 15) is 19.2 Å². The minimum absolute atomic E-state index is 0.00756. The van der Waals surface area contributed by atoms with E-state index >= 15 is 0 Å². The number of carbonyl (C=O) groups is 4. The Hall–Kier alpha value is -5.78. The first-order chi connectivity index (χ1) is 29.3. The Labute approximate surface area is 359 Å². The molecule has 0 spiro atoms. The lowest BCUT2D eigenvalue weighted by molar-refractivity contribution is -0.137. The highest BCUT2D eigenvalue weighted by molar-refractivity contribution is 7.15. The molecule has 0 radical (unpaired) electrons. The number of ketones is 1. The molecule has 1 N–H and O–H groups in total. The topological polar surface area (TPSA) is 113 Å². The van der Waals surface area contributed by atoms with Crippen LogP contribution in [0.5, 0.6) is 0 Å². The van der Waals surface area contributed by atoms with Crippen LogP contribution in [0, 0.1) is 0 Å². The highest BCUT2D eigenvalue weighted by atomic mass is 32.1. The van der Waals surface area contributed by atoms with Crippen LogP contribution in [-0.4, -0.2) is 56.4 Å². The Balaban J connectivity index is 0.928. The molecule has 11 heteroatoms. The van der Waals surface area contributed by atoms with Crippen LogP contribution >= 0.6 is 22.7 Å². The number of Topliss-reactive ketones (excluding diaryl/α,β-unsaturated/α-hetero) is 1. The van der Waals surface area contributed by atoms with Crippen LogP contribution < -0.4 is 5.32 Å². The zero-order valence-electron chi connectivity index (χ0n) is 34.0. The van der Waals surface area contributed by atoms with Gasteiger partial charge in [0.2, 0.25) is 17.7 Å². The molecule has 2 fully saturated rings. The first-order valence-corrected chi connectivity index (χ1v) is 22.6. The summed E-state index contributed by atoms with van der Waals surface area (Å²) in [7, 11) is 0. The van der Waals surface area contributed by atoms with Crippen molar-refractivity contribution in [3.8, 4) is 32.0 Å². The first-order valence-electron chi connectivity index (χ1n) is 21.0. The lowest BCUT2D eigenvalue weighted by atomic mass is 9.91. The minimum Gasteiger partial charge on any atom is -0.341 e. The van der Waals surface area contributed by atoms with Gasteiger partial charge in [-0.1, -0.05) is 123 Å². The van der Waals surface area contributed by atoms with E-state index < -0.39 is 12.0 Å². The van der Waals surface area contributed by atoms with Gasteiger partial charge in [-0.2, -0.15) is 0 Å². The SMILES string of the molecule is CCC(=O)C[C@@H](C(=O)N1CCC[C@H]1c1ncc(-c2ccc(-c3ccc(-c4cnc([C@@H]5CCCN5C(=O)[C@H](NC(=O)CC)c5ccccc5)s4)cc3)cc2)s1)c1ccccc1. The number of hydrogen-bond acceptors (Lipinski definition) is 8. The number of thiazole rings is 2. The number of likely N-dealkylation sites (tertiary alicyclic amines) is 2. The van der Waals surface area contributed by atoms with E-state index in [1.54, 1.807) is 29.6 Å². The third-order valence-corrected chi connectivity index (χ3v) is 14.0. The van der Waals surface area contributed by atoms with Gasteiger partial charge in [-0.05, 0) is 59.1 Å². The summed E-state index contributed by atoms with van der Waals surface area (Å²) in [5.74, 6) is -0.644. The molecule has 4 heterocycles. The molecular formula is C49H49N5O4S2. The molecule has 6 aromatic rings. The molecule has 4 atom stereocenters. The highest BCUT2D eigenvalue weighted by Crippen LogP contribution is 2.41. The molecule has 0 bridgehead atoms. The van der Waals surface area contributed by atoms with Gasteiger partial charge in [0.05, 0.1) is 27.8 Å². The predicted octanol–water partition coefficient (Wildman–Crippen LogP) is 10.3. The molecule has 2 saturated heterocycles. The lowest BCUT2D eigenvalue weighted by Crippen LogP contribution is -2.42. The smallest absolute Gasteiger partial charge is 0.250 e. The van der Waals surface area contributed by atoms with Crippen LogP contribution in [0.25, 0.3) is 32.0 Å². The standard InChI is InChI=1S/C49H49N5O4S2/c1-3-38(55)29-39(34-13-7-5-8-14-34)48(57)53-27-11-17-40(53)46-50-30-42(59-46)35-23-19-32(20-24-35)33-21-25-36(26-22-33)43-31-51-47(60-43)41-18-12-28-54(41)49(58)45(52-44(56)4-2)37-15-9-6-10-16-37/h5-10,13-16,19-26,30-31,39-41,45H,3-4,11-12,17-18,27-29H2,1-2H3,(H,52,56)/t39-,40+,41+,45-/m1/s1. The highest BCUT2D eigenvalue weighted by Gasteiger charge is 2.38. The summed E-state index contributed by atoms with van der Waals surface area (Å²) in [5, 5.41) is 4.79. The van der Waals surface area contributed by atoms with Crippen molar-refractivity contribution in [3.05, 3.63) is 143 Å². The van der Waals surface area contributed by atoms with Crippen molar-refractivity contribution in [2.45, 2.75) is 82.8 Å². The maximum Gasteiger partial charge on any atom is 0.250 e. The average molecular weight is 836 g/mol. The number of nitrogens with one attached hydrogen (secondary N) is 1. The minimum atomic E-state index is -0.733.